The predicted molar refractivity (Wildman–Crippen MR) is 62.1 cm³/mol. The zero-order chi connectivity index (χ0) is 13.0. The monoisotopic (exact) mass is 255 g/mol. The first kappa shape index (κ1) is 12.8. The quantitative estimate of drug-likeness (QED) is 0.613. The van der Waals surface area contributed by atoms with E-state index in [1.54, 1.807) is 0 Å². The van der Waals surface area contributed by atoms with E-state index in [0.717, 1.165) is 25.3 Å². The Morgan fingerprint density at radius 2 is 2.33 bits per heavy atom. The van der Waals surface area contributed by atoms with Crippen molar-refractivity contribution in [2.45, 2.75) is 25.4 Å². The number of ether oxygens (including phenoxy) is 2. The van der Waals surface area contributed by atoms with Crippen LogP contribution in [0.25, 0.3) is 0 Å². The van der Waals surface area contributed by atoms with Gasteiger partial charge in [0.05, 0.1) is 11.0 Å². The number of hydrogen-bond acceptors (Lipinski definition) is 4. The summed E-state index contributed by atoms with van der Waals surface area (Å²) >= 11 is 0. The maximum atomic E-state index is 13.3. The molecule has 1 aliphatic heterocycles. The summed E-state index contributed by atoms with van der Waals surface area (Å²) in [7, 11) is 0. The van der Waals surface area contributed by atoms with Crippen LogP contribution >= 0.6 is 0 Å². The van der Waals surface area contributed by atoms with E-state index in [1.807, 2.05) is 0 Å². The molecule has 0 aliphatic carbocycles. The fourth-order valence-electron chi connectivity index (χ4n) is 1.91. The highest BCUT2D eigenvalue weighted by atomic mass is 19.1. The number of benzene rings is 1. The average Bonchev–Trinajstić information content (AvgIpc) is 2.37. The Bertz CT molecular complexity index is 432. The van der Waals surface area contributed by atoms with Crippen LogP contribution in [0.2, 0.25) is 0 Å². The fraction of sp³-hybridized carbons (Fsp3) is 0.500. The molecule has 0 radical (unpaired) electrons. The van der Waals surface area contributed by atoms with Gasteiger partial charge in [0.2, 0.25) is 5.82 Å². The van der Waals surface area contributed by atoms with E-state index in [2.05, 4.69) is 0 Å². The first-order valence-corrected chi connectivity index (χ1v) is 5.86. The van der Waals surface area contributed by atoms with Gasteiger partial charge in [-0.3, -0.25) is 10.1 Å². The van der Waals surface area contributed by atoms with Crippen LogP contribution in [0, 0.1) is 15.9 Å². The van der Waals surface area contributed by atoms with Crippen molar-refractivity contribution < 1.29 is 18.8 Å². The highest BCUT2D eigenvalue weighted by molar-refractivity contribution is 5.47. The first-order chi connectivity index (χ1) is 8.68. The molecule has 2 rings (SSSR count). The Balaban J connectivity index is 2.04. The average molecular weight is 255 g/mol. The van der Waals surface area contributed by atoms with Gasteiger partial charge in [-0.15, -0.1) is 0 Å². The van der Waals surface area contributed by atoms with Gasteiger partial charge >= 0.3 is 5.69 Å². The number of hydrogen-bond donors (Lipinski definition) is 0. The van der Waals surface area contributed by atoms with Gasteiger partial charge in [0.25, 0.3) is 0 Å². The lowest BCUT2D eigenvalue weighted by Crippen LogP contribution is -2.26. The van der Waals surface area contributed by atoms with E-state index in [0.29, 0.717) is 6.61 Å². The Hall–Kier alpha value is -1.69. The molecule has 18 heavy (non-hydrogen) atoms. The zero-order valence-corrected chi connectivity index (χ0v) is 9.80. The van der Waals surface area contributed by atoms with Crippen molar-refractivity contribution in [1.82, 2.24) is 0 Å². The maximum absolute atomic E-state index is 13.3. The topological polar surface area (TPSA) is 61.6 Å². The molecule has 5 nitrogen and oxygen atoms in total. The minimum atomic E-state index is -0.887. The summed E-state index contributed by atoms with van der Waals surface area (Å²) in [6.45, 7) is 0.892. The van der Waals surface area contributed by atoms with Crippen LogP contribution in [0.1, 0.15) is 19.3 Å². The second-order valence-corrected chi connectivity index (χ2v) is 4.14. The summed E-state index contributed by atoms with van der Waals surface area (Å²) < 4.78 is 24.1. The fourth-order valence-corrected chi connectivity index (χ4v) is 1.91. The molecule has 1 unspecified atom stereocenters. The van der Waals surface area contributed by atoms with E-state index in [-0.39, 0.29) is 18.5 Å². The lowest BCUT2D eigenvalue weighted by atomic mass is 10.1. The van der Waals surface area contributed by atoms with Gasteiger partial charge < -0.3 is 9.47 Å². The van der Waals surface area contributed by atoms with Crippen LogP contribution in [0.15, 0.2) is 18.2 Å². The van der Waals surface area contributed by atoms with Crippen LogP contribution in [-0.4, -0.2) is 24.2 Å². The normalized spacial score (nSPS) is 19.5. The second-order valence-electron chi connectivity index (χ2n) is 4.14. The van der Waals surface area contributed by atoms with Gasteiger partial charge in [-0.05, 0) is 31.4 Å². The van der Waals surface area contributed by atoms with Crippen molar-refractivity contribution in [2.24, 2.45) is 0 Å². The molecule has 98 valence electrons. The Morgan fingerprint density at radius 1 is 1.50 bits per heavy atom. The van der Waals surface area contributed by atoms with Gasteiger partial charge in [0.15, 0.2) is 5.75 Å². The number of halogens is 1. The molecule has 0 aromatic heterocycles. The molecule has 1 aliphatic rings. The summed E-state index contributed by atoms with van der Waals surface area (Å²) in [6, 6.07) is 3.82. The van der Waals surface area contributed by atoms with E-state index in [9.17, 15) is 14.5 Å². The molecule has 1 atom stereocenters. The third-order valence-corrected chi connectivity index (χ3v) is 2.83. The van der Waals surface area contributed by atoms with Gasteiger partial charge in [-0.25, -0.2) is 0 Å². The van der Waals surface area contributed by atoms with E-state index in [4.69, 9.17) is 9.47 Å². The molecule has 1 aromatic rings. The van der Waals surface area contributed by atoms with Crippen molar-refractivity contribution in [2.75, 3.05) is 13.2 Å². The number of rotatable bonds is 4. The molecule has 0 spiro atoms. The molecule has 0 bridgehead atoms. The number of nitro groups is 1. The molecule has 0 amide bonds. The molecule has 6 heteroatoms. The molecular formula is C12H14FNO4. The summed E-state index contributed by atoms with van der Waals surface area (Å²) in [5.74, 6) is -0.934. The lowest BCUT2D eigenvalue weighted by molar-refractivity contribution is -0.388. The summed E-state index contributed by atoms with van der Waals surface area (Å²) in [4.78, 5) is 9.98. The van der Waals surface area contributed by atoms with Gasteiger partial charge in [0, 0.05) is 6.61 Å². The van der Waals surface area contributed by atoms with Gasteiger partial charge in [-0.2, -0.15) is 4.39 Å². The largest absolute Gasteiger partial charge is 0.484 e. The highest BCUT2D eigenvalue weighted by Crippen LogP contribution is 2.30. The van der Waals surface area contributed by atoms with Crippen LogP contribution < -0.4 is 4.74 Å². The Morgan fingerprint density at radius 3 is 3.00 bits per heavy atom. The second kappa shape index (κ2) is 5.77. The van der Waals surface area contributed by atoms with Crippen molar-refractivity contribution >= 4 is 5.69 Å². The van der Waals surface area contributed by atoms with E-state index < -0.39 is 16.4 Å². The minimum absolute atomic E-state index is 0.0471. The van der Waals surface area contributed by atoms with Crippen LogP contribution in [0.5, 0.6) is 5.75 Å². The van der Waals surface area contributed by atoms with Crippen molar-refractivity contribution in [3.8, 4) is 5.75 Å². The van der Waals surface area contributed by atoms with Crippen molar-refractivity contribution in [3.05, 3.63) is 34.1 Å². The lowest BCUT2D eigenvalue weighted by Gasteiger charge is -2.22. The Labute approximate surface area is 104 Å². The summed E-state index contributed by atoms with van der Waals surface area (Å²) in [6.07, 6.45) is 2.88. The number of nitro benzene ring substituents is 1. The smallest absolute Gasteiger partial charge is 0.346 e. The van der Waals surface area contributed by atoms with Crippen LogP contribution in [0.4, 0.5) is 10.1 Å². The van der Waals surface area contributed by atoms with Gasteiger partial charge in [-0.1, -0.05) is 6.07 Å². The maximum Gasteiger partial charge on any atom is 0.346 e. The molecule has 0 saturated carbocycles. The zero-order valence-electron chi connectivity index (χ0n) is 9.80. The number of para-hydroxylation sites is 1. The third-order valence-electron chi connectivity index (χ3n) is 2.83. The van der Waals surface area contributed by atoms with Crippen molar-refractivity contribution in [1.29, 1.82) is 0 Å². The molecule has 1 aromatic carbocycles. The van der Waals surface area contributed by atoms with E-state index in [1.165, 1.54) is 12.1 Å². The Kier molecular flexibility index (Phi) is 4.09. The van der Waals surface area contributed by atoms with E-state index >= 15 is 0 Å². The molecular weight excluding hydrogens is 241 g/mol. The van der Waals surface area contributed by atoms with Gasteiger partial charge in [0.1, 0.15) is 6.61 Å². The molecule has 0 N–H and O–H groups in total. The molecule has 1 saturated heterocycles. The SMILES string of the molecule is O=[N+]([O-])c1c(F)cccc1OCC1CCCCO1. The first-order valence-electron chi connectivity index (χ1n) is 5.86. The standard InChI is InChI=1S/C12H14FNO4/c13-10-5-3-6-11(12(10)14(15)16)18-8-9-4-1-2-7-17-9/h3,5-6,9H,1-2,4,7-8H2. The third kappa shape index (κ3) is 2.95. The number of nitrogens with zero attached hydrogens (tertiary/aromatic N) is 1. The van der Waals surface area contributed by atoms with Crippen LogP contribution in [0.3, 0.4) is 0 Å². The summed E-state index contributed by atoms with van der Waals surface area (Å²) in [5, 5.41) is 10.7. The summed E-state index contributed by atoms with van der Waals surface area (Å²) in [5.41, 5.74) is -0.617. The minimum Gasteiger partial charge on any atom is -0.484 e. The highest BCUT2D eigenvalue weighted by Gasteiger charge is 2.22. The predicted octanol–water partition coefficient (Wildman–Crippen LogP) is 2.68. The van der Waals surface area contributed by atoms with Crippen molar-refractivity contribution in [3.63, 3.8) is 0 Å². The van der Waals surface area contributed by atoms with Crippen LogP contribution in [-0.2, 0) is 4.74 Å². The molecule has 1 fully saturated rings. The molecule has 1 heterocycles.